The first kappa shape index (κ1) is 34.8. The molecule has 0 saturated heterocycles. The van der Waals surface area contributed by atoms with Gasteiger partial charge in [-0.3, -0.25) is 0 Å². The van der Waals surface area contributed by atoms with Crippen LogP contribution in [0.1, 0.15) is 0 Å². The van der Waals surface area contributed by atoms with Crippen LogP contribution in [-0.4, -0.2) is 15.0 Å². The van der Waals surface area contributed by atoms with Crippen molar-refractivity contribution in [3.63, 3.8) is 0 Å². The average molecular weight is 778 g/mol. The van der Waals surface area contributed by atoms with Crippen molar-refractivity contribution in [2.75, 3.05) is 0 Å². The molecule has 284 valence electrons. The van der Waals surface area contributed by atoms with Crippen molar-refractivity contribution in [2.45, 2.75) is 0 Å². The molecule has 12 aromatic rings. The van der Waals surface area contributed by atoms with Crippen molar-refractivity contribution in [3.05, 3.63) is 212 Å². The summed E-state index contributed by atoms with van der Waals surface area (Å²) in [6.45, 7) is 0. The molecule has 0 unspecified atom stereocenters. The second kappa shape index (κ2) is 14.3. The van der Waals surface area contributed by atoms with E-state index in [1.165, 1.54) is 16.5 Å². The number of furan rings is 1. The summed E-state index contributed by atoms with van der Waals surface area (Å²) in [6.07, 6.45) is 0. The molecule has 12 rings (SSSR count). The van der Waals surface area contributed by atoms with Crippen LogP contribution in [0.3, 0.4) is 0 Å². The lowest BCUT2D eigenvalue weighted by Gasteiger charge is -2.16. The topological polar surface area (TPSA) is 51.8 Å². The Morgan fingerprint density at radius 3 is 1.51 bits per heavy atom. The molecule has 0 bridgehead atoms. The van der Waals surface area contributed by atoms with Crippen LogP contribution in [0.25, 0.3) is 122 Å². The molecule has 0 aliphatic heterocycles. The fourth-order valence-corrected chi connectivity index (χ4v) is 8.97. The van der Waals surface area contributed by atoms with Crippen LogP contribution in [0.15, 0.2) is 217 Å². The number of para-hydroxylation sites is 3. The molecule has 0 atom stereocenters. The summed E-state index contributed by atoms with van der Waals surface area (Å²) in [6, 6.07) is 74.3. The van der Waals surface area contributed by atoms with Gasteiger partial charge in [-0.2, -0.15) is 0 Å². The van der Waals surface area contributed by atoms with E-state index in [1.54, 1.807) is 0 Å². The predicted molar refractivity (Wildman–Crippen MR) is 252 cm³/mol. The van der Waals surface area contributed by atoms with Crippen molar-refractivity contribution < 1.29 is 4.42 Å². The highest BCUT2D eigenvalue weighted by molar-refractivity contribution is 6.27. The van der Waals surface area contributed by atoms with E-state index < -0.39 is 0 Å². The number of rotatable bonds is 6. The second-order valence-corrected chi connectivity index (χ2v) is 15.5. The fourth-order valence-electron chi connectivity index (χ4n) is 8.97. The van der Waals surface area contributed by atoms with Crippen molar-refractivity contribution >= 4 is 54.5 Å². The van der Waals surface area contributed by atoms with Gasteiger partial charge in [0.25, 0.3) is 0 Å². The molecular formula is C57H35N3O. The van der Waals surface area contributed by atoms with E-state index in [2.05, 4.69) is 194 Å². The highest BCUT2D eigenvalue weighted by atomic mass is 16.3. The van der Waals surface area contributed by atoms with E-state index in [9.17, 15) is 0 Å². The van der Waals surface area contributed by atoms with Crippen LogP contribution >= 0.6 is 0 Å². The highest BCUT2D eigenvalue weighted by Crippen LogP contribution is 2.46. The minimum absolute atomic E-state index is 0.692. The number of nitrogens with zero attached hydrogens (tertiary/aromatic N) is 3. The lowest BCUT2D eigenvalue weighted by Crippen LogP contribution is -1.95. The first-order valence-corrected chi connectivity index (χ1v) is 20.6. The molecule has 0 radical (unpaired) electrons. The van der Waals surface area contributed by atoms with E-state index >= 15 is 0 Å². The Balaban J connectivity index is 0.965. The van der Waals surface area contributed by atoms with Gasteiger partial charge in [0, 0.05) is 54.6 Å². The fraction of sp³-hybridized carbons (Fsp3) is 0. The molecule has 4 heteroatoms. The zero-order valence-corrected chi connectivity index (χ0v) is 33.0. The van der Waals surface area contributed by atoms with Gasteiger partial charge in [-0.1, -0.05) is 182 Å². The lowest BCUT2D eigenvalue weighted by molar-refractivity contribution is 0.669. The van der Waals surface area contributed by atoms with Gasteiger partial charge in [0.2, 0.25) is 0 Å². The summed E-state index contributed by atoms with van der Waals surface area (Å²) in [5, 5.41) is 6.59. The number of fused-ring (bicyclic) bond motifs is 7. The molecule has 0 fully saturated rings. The van der Waals surface area contributed by atoms with E-state index in [4.69, 9.17) is 19.4 Å². The number of hydrogen-bond donors (Lipinski definition) is 0. The molecule has 0 spiro atoms. The Bertz CT molecular complexity index is 3610. The maximum atomic E-state index is 6.59. The van der Waals surface area contributed by atoms with E-state index in [1.807, 2.05) is 18.2 Å². The third-order valence-electron chi connectivity index (χ3n) is 11.9. The molecule has 9 aromatic carbocycles. The van der Waals surface area contributed by atoms with Gasteiger partial charge in [-0.05, 0) is 58.1 Å². The SMILES string of the molecule is c1ccc(-c2ccc(-c3nc(-c4cccc(-c5ccc(-c6nc7ccccc7c7c(-c8ccccc8)c8c(cc67)oc6ccccc68)cc5)c4)nc4ccccc34)cc2)cc1. The van der Waals surface area contributed by atoms with Crippen molar-refractivity contribution in [1.82, 2.24) is 15.0 Å². The van der Waals surface area contributed by atoms with Crippen LogP contribution in [0.5, 0.6) is 0 Å². The molecule has 3 heterocycles. The first-order valence-electron chi connectivity index (χ1n) is 20.6. The minimum atomic E-state index is 0.692. The summed E-state index contributed by atoms with van der Waals surface area (Å²) in [5.74, 6) is 0.692. The molecule has 0 N–H and O–H groups in total. The predicted octanol–water partition coefficient (Wildman–Crippen LogP) is 15.2. The zero-order valence-electron chi connectivity index (χ0n) is 33.0. The smallest absolute Gasteiger partial charge is 0.160 e. The molecule has 4 nitrogen and oxygen atoms in total. The van der Waals surface area contributed by atoms with Gasteiger partial charge >= 0.3 is 0 Å². The Hall–Kier alpha value is -8.21. The van der Waals surface area contributed by atoms with Gasteiger partial charge in [0.05, 0.1) is 22.4 Å². The van der Waals surface area contributed by atoms with Crippen LogP contribution < -0.4 is 0 Å². The molecule has 0 saturated carbocycles. The maximum absolute atomic E-state index is 6.59. The van der Waals surface area contributed by atoms with Crippen LogP contribution in [0.2, 0.25) is 0 Å². The molecule has 3 aromatic heterocycles. The summed E-state index contributed by atoms with van der Waals surface area (Å²) in [5.41, 5.74) is 15.3. The van der Waals surface area contributed by atoms with Crippen LogP contribution in [0, 0.1) is 0 Å². The largest absolute Gasteiger partial charge is 0.456 e. The standard InChI is InChI=1S/C57H35N3O/c1-3-14-36(15-4-1)37-26-30-40(31-27-37)55-45-21-8-11-24-49(45)59-57(60-55)43-19-13-18-42(34-43)38-28-32-41(33-29-38)56-47-35-51-54(46-22-9-12-25-50(46)61-51)52(39-16-5-2-6-17-39)53(47)44-20-7-10-23-48(44)58-56/h1-35H. The second-order valence-electron chi connectivity index (χ2n) is 15.5. The lowest BCUT2D eigenvalue weighted by atomic mass is 9.89. The molecular weight excluding hydrogens is 743 g/mol. The quantitative estimate of drug-likeness (QED) is 0.158. The Morgan fingerprint density at radius 1 is 0.279 bits per heavy atom. The zero-order chi connectivity index (χ0) is 40.3. The third-order valence-corrected chi connectivity index (χ3v) is 11.9. The molecule has 0 aliphatic carbocycles. The van der Waals surface area contributed by atoms with Gasteiger partial charge < -0.3 is 4.42 Å². The monoisotopic (exact) mass is 777 g/mol. The Labute approximate surface area is 352 Å². The van der Waals surface area contributed by atoms with Gasteiger partial charge in [0.1, 0.15) is 11.2 Å². The average Bonchev–Trinajstić information content (AvgIpc) is 3.71. The maximum Gasteiger partial charge on any atom is 0.160 e. The minimum Gasteiger partial charge on any atom is -0.456 e. The number of pyridine rings is 1. The number of hydrogen-bond acceptors (Lipinski definition) is 4. The first-order chi connectivity index (χ1) is 30.2. The van der Waals surface area contributed by atoms with Crippen LogP contribution in [-0.2, 0) is 0 Å². The highest BCUT2D eigenvalue weighted by Gasteiger charge is 2.22. The van der Waals surface area contributed by atoms with Crippen molar-refractivity contribution in [2.24, 2.45) is 0 Å². The molecule has 0 aliphatic rings. The normalized spacial score (nSPS) is 11.6. The number of aromatic nitrogens is 3. The van der Waals surface area contributed by atoms with Crippen molar-refractivity contribution in [1.29, 1.82) is 0 Å². The van der Waals surface area contributed by atoms with Gasteiger partial charge in [-0.25, -0.2) is 15.0 Å². The van der Waals surface area contributed by atoms with Crippen LogP contribution in [0.4, 0.5) is 0 Å². The van der Waals surface area contributed by atoms with Crippen molar-refractivity contribution in [3.8, 4) is 67.3 Å². The van der Waals surface area contributed by atoms with Gasteiger partial charge in [0.15, 0.2) is 5.82 Å². The summed E-state index contributed by atoms with van der Waals surface area (Å²) in [7, 11) is 0. The van der Waals surface area contributed by atoms with Gasteiger partial charge in [-0.15, -0.1) is 0 Å². The summed E-state index contributed by atoms with van der Waals surface area (Å²) in [4.78, 5) is 15.6. The summed E-state index contributed by atoms with van der Waals surface area (Å²) < 4.78 is 6.59. The van der Waals surface area contributed by atoms with E-state index in [0.29, 0.717) is 5.82 Å². The molecule has 0 amide bonds. The van der Waals surface area contributed by atoms with E-state index in [-0.39, 0.29) is 0 Å². The Kier molecular flexibility index (Phi) is 8.13. The molecule has 61 heavy (non-hydrogen) atoms. The Morgan fingerprint density at radius 2 is 0.787 bits per heavy atom. The third kappa shape index (κ3) is 5.96. The van der Waals surface area contributed by atoms with E-state index in [0.717, 1.165) is 99.5 Å². The number of benzene rings is 9. The summed E-state index contributed by atoms with van der Waals surface area (Å²) >= 11 is 0.